The summed E-state index contributed by atoms with van der Waals surface area (Å²) in [7, 11) is 2.00. The third kappa shape index (κ3) is 4.73. The topological polar surface area (TPSA) is 60.8 Å². The molecule has 1 aromatic carbocycles. The highest BCUT2D eigenvalue weighted by Crippen LogP contribution is 2.12. The Balaban J connectivity index is 2.05. The number of rotatable bonds is 5. The van der Waals surface area contributed by atoms with Gasteiger partial charge in [-0.2, -0.15) is 0 Å². The number of aromatic nitrogens is 1. The highest BCUT2D eigenvalue weighted by Gasteiger charge is 2.08. The van der Waals surface area contributed by atoms with E-state index in [4.69, 9.17) is 0 Å². The van der Waals surface area contributed by atoms with Gasteiger partial charge in [0.05, 0.1) is 23.8 Å². The van der Waals surface area contributed by atoms with E-state index in [-0.39, 0.29) is 5.75 Å². The number of aliphatic imine (C=N–C) groups is 1. The van der Waals surface area contributed by atoms with Crippen molar-refractivity contribution in [3.63, 3.8) is 0 Å². The van der Waals surface area contributed by atoms with E-state index in [0.717, 1.165) is 35.3 Å². The Morgan fingerprint density at radius 3 is 2.91 bits per heavy atom. The monoisotopic (exact) mass is 318 g/mol. The molecule has 0 aliphatic rings. The molecule has 2 rings (SSSR count). The normalized spacial score (nSPS) is 11.5. The van der Waals surface area contributed by atoms with Crippen LogP contribution in [0.2, 0.25) is 0 Å². The van der Waals surface area contributed by atoms with Gasteiger partial charge in [-0.25, -0.2) is 9.98 Å². The van der Waals surface area contributed by atoms with Crippen molar-refractivity contribution in [2.75, 3.05) is 13.6 Å². The van der Waals surface area contributed by atoms with Crippen LogP contribution in [0.3, 0.4) is 0 Å². The van der Waals surface area contributed by atoms with Crippen LogP contribution >= 0.6 is 11.3 Å². The summed E-state index contributed by atoms with van der Waals surface area (Å²) in [6.07, 6.45) is 0. The van der Waals surface area contributed by atoms with Gasteiger partial charge in [0.25, 0.3) is 0 Å². The smallest absolute Gasteiger partial charge is 0.194 e. The van der Waals surface area contributed by atoms with E-state index in [1.807, 2.05) is 33.0 Å². The van der Waals surface area contributed by atoms with Crippen molar-refractivity contribution in [2.45, 2.75) is 26.9 Å². The molecule has 1 heterocycles. The molecule has 0 saturated heterocycles. The van der Waals surface area contributed by atoms with Crippen LogP contribution in [0.15, 0.2) is 34.6 Å². The molecule has 0 atom stereocenters. The SMILES string of the molecule is CCNC(=NCc1cccc(O)c1)N(C)Cc1csc(C)n1. The molecule has 0 spiro atoms. The van der Waals surface area contributed by atoms with Gasteiger partial charge in [0.2, 0.25) is 0 Å². The number of benzene rings is 1. The summed E-state index contributed by atoms with van der Waals surface area (Å²) in [5.74, 6) is 1.10. The van der Waals surface area contributed by atoms with Crippen molar-refractivity contribution in [3.05, 3.63) is 45.9 Å². The Morgan fingerprint density at radius 2 is 2.27 bits per heavy atom. The molecule has 5 nitrogen and oxygen atoms in total. The van der Waals surface area contributed by atoms with Crippen molar-refractivity contribution in [3.8, 4) is 5.75 Å². The molecular formula is C16H22N4OS. The lowest BCUT2D eigenvalue weighted by molar-refractivity contribution is 0.469. The van der Waals surface area contributed by atoms with Crippen molar-refractivity contribution in [1.82, 2.24) is 15.2 Å². The highest BCUT2D eigenvalue weighted by atomic mass is 32.1. The summed E-state index contributed by atoms with van der Waals surface area (Å²) in [6, 6.07) is 7.18. The van der Waals surface area contributed by atoms with E-state index in [1.54, 1.807) is 23.5 Å². The number of hydrogen-bond donors (Lipinski definition) is 2. The number of aryl methyl sites for hydroxylation is 1. The maximum atomic E-state index is 9.51. The number of nitrogens with zero attached hydrogens (tertiary/aromatic N) is 3. The average Bonchev–Trinajstić information content (AvgIpc) is 2.88. The predicted octanol–water partition coefficient (Wildman–Crippen LogP) is 2.75. The van der Waals surface area contributed by atoms with Crippen LogP contribution in [0.1, 0.15) is 23.2 Å². The second kappa shape index (κ2) is 7.79. The summed E-state index contributed by atoms with van der Waals surface area (Å²) in [4.78, 5) is 11.2. The average molecular weight is 318 g/mol. The van der Waals surface area contributed by atoms with Crippen molar-refractivity contribution < 1.29 is 5.11 Å². The molecule has 0 radical (unpaired) electrons. The zero-order valence-corrected chi connectivity index (χ0v) is 14.0. The van der Waals surface area contributed by atoms with Crippen LogP contribution in [-0.2, 0) is 13.1 Å². The summed E-state index contributed by atoms with van der Waals surface area (Å²) < 4.78 is 0. The van der Waals surface area contributed by atoms with Crippen LogP contribution in [0, 0.1) is 6.92 Å². The fourth-order valence-corrected chi connectivity index (χ4v) is 2.69. The number of guanidine groups is 1. The fourth-order valence-electron chi connectivity index (χ4n) is 2.09. The van der Waals surface area contributed by atoms with Gasteiger partial charge in [-0.1, -0.05) is 12.1 Å². The van der Waals surface area contributed by atoms with Gasteiger partial charge in [0, 0.05) is 19.0 Å². The first kappa shape index (κ1) is 16.3. The van der Waals surface area contributed by atoms with Crippen molar-refractivity contribution in [2.24, 2.45) is 4.99 Å². The van der Waals surface area contributed by atoms with Gasteiger partial charge >= 0.3 is 0 Å². The number of hydrogen-bond acceptors (Lipinski definition) is 4. The van der Waals surface area contributed by atoms with E-state index < -0.39 is 0 Å². The first-order valence-corrected chi connectivity index (χ1v) is 8.14. The highest BCUT2D eigenvalue weighted by molar-refractivity contribution is 7.09. The Morgan fingerprint density at radius 1 is 1.45 bits per heavy atom. The first-order valence-electron chi connectivity index (χ1n) is 7.27. The van der Waals surface area contributed by atoms with Crippen molar-refractivity contribution >= 4 is 17.3 Å². The maximum absolute atomic E-state index is 9.51. The zero-order valence-electron chi connectivity index (χ0n) is 13.2. The van der Waals surface area contributed by atoms with Crippen molar-refractivity contribution in [1.29, 1.82) is 0 Å². The number of thiazole rings is 1. The minimum atomic E-state index is 0.268. The Hall–Kier alpha value is -2.08. The summed E-state index contributed by atoms with van der Waals surface area (Å²) >= 11 is 1.66. The molecule has 6 heteroatoms. The minimum absolute atomic E-state index is 0.268. The van der Waals surface area contributed by atoms with Gasteiger partial charge in [-0.05, 0) is 31.5 Å². The molecule has 2 N–H and O–H groups in total. The van der Waals surface area contributed by atoms with Crippen LogP contribution in [0.5, 0.6) is 5.75 Å². The molecule has 0 aliphatic heterocycles. The molecular weight excluding hydrogens is 296 g/mol. The van der Waals surface area contributed by atoms with Crippen LogP contribution < -0.4 is 5.32 Å². The lowest BCUT2D eigenvalue weighted by Crippen LogP contribution is -2.38. The third-order valence-corrected chi connectivity index (χ3v) is 3.91. The number of nitrogens with one attached hydrogen (secondary N) is 1. The second-order valence-electron chi connectivity index (χ2n) is 5.05. The van der Waals surface area contributed by atoms with E-state index in [1.165, 1.54) is 0 Å². The summed E-state index contributed by atoms with van der Waals surface area (Å²) in [5, 5.41) is 15.9. The predicted molar refractivity (Wildman–Crippen MR) is 91.2 cm³/mol. The van der Waals surface area contributed by atoms with E-state index in [0.29, 0.717) is 6.54 Å². The molecule has 1 aromatic heterocycles. The molecule has 118 valence electrons. The summed E-state index contributed by atoms with van der Waals surface area (Å²) in [5.41, 5.74) is 2.03. The van der Waals surface area contributed by atoms with Crippen LogP contribution in [0.25, 0.3) is 0 Å². The molecule has 0 fully saturated rings. The van der Waals surface area contributed by atoms with Gasteiger partial charge < -0.3 is 15.3 Å². The lowest BCUT2D eigenvalue weighted by atomic mass is 10.2. The van der Waals surface area contributed by atoms with E-state index in [9.17, 15) is 5.11 Å². The Bertz CT molecular complexity index is 639. The van der Waals surface area contributed by atoms with Crippen LogP contribution in [0.4, 0.5) is 0 Å². The zero-order chi connectivity index (χ0) is 15.9. The molecule has 0 unspecified atom stereocenters. The van der Waals surface area contributed by atoms with Crippen LogP contribution in [-0.4, -0.2) is 34.5 Å². The largest absolute Gasteiger partial charge is 0.508 e. The van der Waals surface area contributed by atoms with Gasteiger partial charge in [0.15, 0.2) is 5.96 Å². The molecule has 0 saturated carbocycles. The number of phenolic OH excluding ortho intramolecular Hbond substituents is 1. The molecule has 0 bridgehead atoms. The Labute approximate surface area is 135 Å². The molecule has 0 amide bonds. The first-order chi connectivity index (χ1) is 10.6. The van der Waals surface area contributed by atoms with E-state index in [2.05, 4.69) is 25.6 Å². The van der Waals surface area contributed by atoms with Gasteiger partial charge in [-0.3, -0.25) is 0 Å². The summed E-state index contributed by atoms with van der Waals surface area (Å²) in [6.45, 7) is 6.10. The van der Waals surface area contributed by atoms with Gasteiger partial charge in [-0.15, -0.1) is 11.3 Å². The fraction of sp³-hybridized carbons (Fsp3) is 0.375. The Kier molecular flexibility index (Phi) is 5.77. The number of aromatic hydroxyl groups is 1. The maximum Gasteiger partial charge on any atom is 0.194 e. The lowest BCUT2D eigenvalue weighted by Gasteiger charge is -2.21. The molecule has 22 heavy (non-hydrogen) atoms. The van der Waals surface area contributed by atoms with Gasteiger partial charge in [0.1, 0.15) is 5.75 Å². The van der Waals surface area contributed by atoms with E-state index >= 15 is 0 Å². The quantitative estimate of drug-likeness (QED) is 0.657. The molecule has 2 aromatic rings. The standard InChI is InChI=1S/C16H22N4OS/c1-4-17-16(18-9-13-6-5-7-15(21)8-13)20(3)10-14-11-22-12(2)19-14/h5-8,11,21H,4,9-10H2,1-3H3,(H,17,18). The number of phenols is 1. The second-order valence-corrected chi connectivity index (χ2v) is 6.12. The molecule has 0 aliphatic carbocycles. The third-order valence-electron chi connectivity index (χ3n) is 3.08. The minimum Gasteiger partial charge on any atom is -0.508 e.